The van der Waals surface area contributed by atoms with Crippen molar-refractivity contribution in [1.29, 1.82) is 0 Å². The zero-order valence-electron chi connectivity index (χ0n) is 7.85. The monoisotopic (exact) mass is 150 g/mol. The second-order valence-electron chi connectivity index (χ2n) is 3.50. The van der Waals surface area contributed by atoms with Crippen LogP contribution in [-0.2, 0) is 0 Å². The average molecular weight is 150 g/mol. The summed E-state index contributed by atoms with van der Waals surface area (Å²) < 4.78 is 0. The SMILES string of the molecule is CCC1=C(C(C)C)CCC=C1. The lowest BCUT2D eigenvalue weighted by Gasteiger charge is -2.18. The Morgan fingerprint density at radius 1 is 1.45 bits per heavy atom. The highest BCUT2D eigenvalue weighted by Crippen LogP contribution is 2.26. The number of hydrogen-bond acceptors (Lipinski definition) is 0. The molecule has 0 aromatic rings. The Morgan fingerprint density at radius 2 is 2.18 bits per heavy atom. The minimum Gasteiger partial charge on any atom is -0.0839 e. The summed E-state index contributed by atoms with van der Waals surface area (Å²) in [5.41, 5.74) is 3.25. The van der Waals surface area contributed by atoms with Crippen molar-refractivity contribution in [3.63, 3.8) is 0 Å². The number of hydrogen-bond donors (Lipinski definition) is 0. The molecule has 0 heteroatoms. The lowest BCUT2D eigenvalue weighted by molar-refractivity contribution is 0.692. The summed E-state index contributed by atoms with van der Waals surface area (Å²) in [5.74, 6) is 0.745. The van der Waals surface area contributed by atoms with Crippen LogP contribution in [0.3, 0.4) is 0 Å². The molecule has 0 bridgehead atoms. The highest BCUT2D eigenvalue weighted by molar-refractivity contribution is 5.30. The minimum atomic E-state index is 0.745. The fourth-order valence-corrected chi connectivity index (χ4v) is 1.74. The number of allylic oxidation sites excluding steroid dienone is 4. The van der Waals surface area contributed by atoms with Gasteiger partial charge in [0.15, 0.2) is 0 Å². The van der Waals surface area contributed by atoms with Gasteiger partial charge < -0.3 is 0 Å². The molecular formula is C11H18. The molecule has 0 saturated carbocycles. The Hall–Kier alpha value is -0.520. The van der Waals surface area contributed by atoms with Crippen LogP contribution in [-0.4, -0.2) is 0 Å². The molecule has 0 aromatic heterocycles. The Balaban J connectivity index is 2.82. The minimum absolute atomic E-state index is 0.745. The highest BCUT2D eigenvalue weighted by atomic mass is 14.1. The third-order valence-corrected chi connectivity index (χ3v) is 2.39. The van der Waals surface area contributed by atoms with Crippen LogP contribution < -0.4 is 0 Å². The maximum Gasteiger partial charge on any atom is -0.0254 e. The van der Waals surface area contributed by atoms with Gasteiger partial charge in [-0.05, 0) is 30.8 Å². The quantitative estimate of drug-likeness (QED) is 0.563. The van der Waals surface area contributed by atoms with Crippen molar-refractivity contribution in [2.24, 2.45) is 5.92 Å². The molecule has 62 valence electrons. The van der Waals surface area contributed by atoms with E-state index in [9.17, 15) is 0 Å². The fraction of sp³-hybridized carbons (Fsp3) is 0.636. The lowest BCUT2D eigenvalue weighted by Crippen LogP contribution is -2.01. The first-order chi connectivity index (χ1) is 5.25. The Labute approximate surface area is 70.0 Å². The summed E-state index contributed by atoms with van der Waals surface area (Å²) >= 11 is 0. The van der Waals surface area contributed by atoms with Gasteiger partial charge >= 0.3 is 0 Å². The van der Waals surface area contributed by atoms with Crippen LogP contribution in [0.25, 0.3) is 0 Å². The highest BCUT2D eigenvalue weighted by Gasteiger charge is 2.09. The van der Waals surface area contributed by atoms with E-state index in [1.165, 1.54) is 19.3 Å². The van der Waals surface area contributed by atoms with Crippen LogP contribution in [0.5, 0.6) is 0 Å². The molecule has 0 radical (unpaired) electrons. The fourth-order valence-electron chi connectivity index (χ4n) is 1.74. The predicted molar refractivity (Wildman–Crippen MR) is 50.5 cm³/mol. The third kappa shape index (κ3) is 1.95. The first kappa shape index (κ1) is 8.58. The van der Waals surface area contributed by atoms with Gasteiger partial charge in [-0.15, -0.1) is 0 Å². The van der Waals surface area contributed by atoms with E-state index in [1.54, 1.807) is 11.1 Å². The van der Waals surface area contributed by atoms with E-state index in [4.69, 9.17) is 0 Å². The first-order valence-corrected chi connectivity index (χ1v) is 4.64. The summed E-state index contributed by atoms with van der Waals surface area (Å²) in [5, 5.41) is 0. The molecule has 11 heavy (non-hydrogen) atoms. The van der Waals surface area contributed by atoms with Gasteiger partial charge in [0.1, 0.15) is 0 Å². The second-order valence-corrected chi connectivity index (χ2v) is 3.50. The molecule has 0 spiro atoms. The van der Waals surface area contributed by atoms with Crippen molar-refractivity contribution in [2.75, 3.05) is 0 Å². The van der Waals surface area contributed by atoms with E-state index in [-0.39, 0.29) is 0 Å². The second kappa shape index (κ2) is 3.75. The van der Waals surface area contributed by atoms with Gasteiger partial charge in [-0.1, -0.05) is 38.5 Å². The van der Waals surface area contributed by atoms with Crippen molar-refractivity contribution in [1.82, 2.24) is 0 Å². The van der Waals surface area contributed by atoms with Crippen molar-refractivity contribution < 1.29 is 0 Å². The Kier molecular flexibility index (Phi) is 2.92. The molecule has 0 unspecified atom stereocenters. The van der Waals surface area contributed by atoms with Gasteiger partial charge in [0.25, 0.3) is 0 Å². The first-order valence-electron chi connectivity index (χ1n) is 4.64. The standard InChI is InChI=1S/C11H18/c1-4-10-7-5-6-8-11(10)9(2)3/h5,7,9H,4,6,8H2,1-3H3. The summed E-state index contributed by atoms with van der Waals surface area (Å²) in [4.78, 5) is 0. The Morgan fingerprint density at radius 3 is 2.64 bits per heavy atom. The number of rotatable bonds is 2. The smallest absolute Gasteiger partial charge is 0.0254 e. The summed E-state index contributed by atoms with van der Waals surface area (Å²) in [6, 6.07) is 0. The van der Waals surface area contributed by atoms with E-state index >= 15 is 0 Å². The summed E-state index contributed by atoms with van der Waals surface area (Å²) in [6.07, 6.45) is 8.34. The average Bonchev–Trinajstić information content (AvgIpc) is 2.04. The lowest BCUT2D eigenvalue weighted by atomic mass is 9.88. The van der Waals surface area contributed by atoms with Gasteiger partial charge in [-0.25, -0.2) is 0 Å². The maximum atomic E-state index is 2.30. The largest absolute Gasteiger partial charge is 0.0839 e. The van der Waals surface area contributed by atoms with Crippen LogP contribution in [0, 0.1) is 5.92 Å². The summed E-state index contributed by atoms with van der Waals surface area (Å²) in [7, 11) is 0. The van der Waals surface area contributed by atoms with E-state index in [2.05, 4.69) is 32.9 Å². The molecule has 0 heterocycles. The molecule has 0 atom stereocenters. The molecular weight excluding hydrogens is 132 g/mol. The zero-order chi connectivity index (χ0) is 8.27. The molecule has 1 rings (SSSR count). The van der Waals surface area contributed by atoms with Crippen LogP contribution in [0.4, 0.5) is 0 Å². The van der Waals surface area contributed by atoms with Crippen molar-refractivity contribution in [2.45, 2.75) is 40.0 Å². The summed E-state index contributed by atoms with van der Waals surface area (Å²) in [6.45, 7) is 6.84. The van der Waals surface area contributed by atoms with Crippen molar-refractivity contribution in [3.8, 4) is 0 Å². The normalized spacial score (nSPS) is 18.2. The third-order valence-electron chi connectivity index (χ3n) is 2.39. The molecule has 0 fully saturated rings. The van der Waals surface area contributed by atoms with Gasteiger partial charge in [-0.3, -0.25) is 0 Å². The van der Waals surface area contributed by atoms with Gasteiger partial charge in [0.05, 0.1) is 0 Å². The maximum absolute atomic E-state index is 2.30. The predicted octanol–water partition coefficient (Wildman–Crippen LogP) is 3.70. The van der Waals surface area contributed by atoms with Gasteiger partial charge in [-0.2, -0.15) is 0 Å². The molecule has 0 amide bonds. The van der Waals surface area contributed by atoms with Crippen LogP contribution >= 0.6 is 0 Å². The molecule has 1 aliphatic rings. The molecule has 0 aromatic carbocycles. The molecule has 0 saturated heterocycles. The van der Waals surface area contributed by atoms with E-state index in [0.29, 0.717) is 0 Å². The topological polar surface area (TPSA) is 0 Å². The van der Waals surface area contributed by atoms with Crippen molar-refractivity contribution in [3.05, 3.63) is 23.3 Å². The van der Waals surface area contributed by atoms with E-state index in [1.807, 2.05) is 0 Å². The van der Waals surface area contributed by atoms with E-state index < -0.39 is 0 Å². The van der Waals surface area contributed by atoms with Crippen LogP contribution in [0.1, 0.15) is 40.0 Å². The molecule has 0 aliphatic heterocycles. The molecule has 0 N–H and O–H groups in total. The molecule has 0 nitrogen and oxygen atoms in total. The van der Waals surface area contributed by atoms with Gasteiger partial charge in [0.2, 0.25) is 0 Å². The van der Waals surface area contributed by atoms with Crippen LogP contribution in [0.2, 0.25) is 0 Å². The Bertz CT molecular complexity index is 182. The van der Waals surface area contributed by atoms with Gasteiger partial charge in [0, 0.05) is 0 Å². The van der Waals surface area contributed by atoms with Crippen molar-refractivity contribution >= 4 is 0 Å². The van der Waals surface area contributed by atoms with E-state index in [0.717, 1.165) is 5.92 Å². The van der Waals surface area contributed by atoms with Crippen LogP contribution in [0.15, 0.2) is 23.3 Å². The zero-order valence-corrected chi connectivity index (χ0v) is 7.85. The molecule has 1 aliphatic carbocycles.